The normalized spacial score (nSPS) is 11.3. The van der Waals surface area contributed by atoms with Gasteiger partial charge in [0.15, 0.2) is 11.5 Å². The summed E-state index contributed by atoms with van der Waals surface area (Å²) in [6.07, 6.45) is 2.38. The summed E-state index contributed by atoms with van der Waals surface area (Å²) in [4.78, 5) is 12.2. The number of hydrogen-bond donors (Lipinski definition) is 1. The fourth-order valence-corrected chi connectivity index (χ4v) is 3.42. The third kappa shape index (κ3) is 5.61. The number of ether oxygens (including phenoxy) is 2. The second kappa shape index (κ2) is 9.43. The second-order valence-electron chi connectivity index (χ2n) is 5.63. The van der Waals surface area contributed by atoms with E-state index in [1.807, 2.05) is 0 Å². The van der Waals surface area contributed by atoms with E-state index in [1.165, 1.54) is 26.5 Å². The Bertz CT molecular complexity index is 979. The molecule has 150 valence electrons. The minimum atomic E-state index is -3.70. The van der Waals surface area contributed by atoms with E-state index in [9.17, 15) is 13.2 Å². The number of para-hydroxylation sites is 1. The molecule has 0 aliphatic carbocycles. The molecule has 0 aliphatic rings. The quantitative estimate of drug-likeness (QED) is 0.517. The third-order valence-electron chi connectivity index (χ3n) is 3.61. The van der Waals surface area contributed by atoms with E-state index in [2.05, 4.69) is 10.5 Å². The van der Waals surface area contributed by atoms with Crippen LogP contribution >= 0.6 is 11.6 Å². The maximum Gasteiger partial charge on any atom is 0.260 e. The standard InChI is InChI=1S/C18H20ClN3O5S/c1-26-16-9-4-6-13(18(16)27-2)11-20-21-17(23)12-22(28(3,24)25)15-8-5-7-14(19)10-15/h4-11H,12H2,1-3H3,(H,21,23)/b20-11-. The summed E-state index contributed by atoms with van der Waals surface area (Å²) in [5.41, 5.74) is 3.16. The molecular formula is C18H20ClN3O5S. The predicted molar refractivity (Wildman–Crippen MR) is 109 cm³/mol. The lowest BCUT2D eigenvalue weighted by Crippen LogP contribution is -2.39. The lowest BCUT2D eigenvalue weighted by atomic mass is 10.2. The molecule has 0 aromatic heterocycles. The van der Waals surface area contributed by atoms with Crippen molar-refractivity contribution in [2.24, 2.45) is 5.10 Å². The Balaban J connectivity index is 2.13. The van der Waals surface area contributed by atoms with Gasteiger partial charge in [0.2, 0.25) is 10.0 Å². The number of amides is 1. The molecule has 0 saturated heterocycles. The van der Waals surface area contributed by atoms with E-state index in [1.54, 1.807) is 36.4 Å². The number of nitrogens with zero attached hydrogens (tertiary/aromatic N) is 2. The summed E-state index contributed by atoms with van der Waals surface area (Å²) >= 11 is 5.91. The van der Waals surface area contributed by atoms with Crippen molar-refractivity contribution in [3.8, 4) is 11.5 Å². The van der Waals surface area contributed by atoms with E-state index in [0.29, 0.717) is 22.1 Å². The summed E-state index contributed by atoms with van der Waals surface area (Å²) in [6.45, 7) is -0.453. The van der Waals surface area contributed by atoms with E-state index < -0.39 is 22.5 Å². The summed E-state index contributed by atoms with van der Waals surface area (Å²) in [5.74, 6) is 0.352. The Labute approximate surface area is 168 Å². The van der Waals surface area contributed by atoms with Crippen LogP contribution < -0.4 is 19.2 Å². The third-order valence-corrected chi connectivity index (χ3v) is 4.99. The molecule has 2 rings (SSSR count). The van der Waals surface area contributed by atoms with E-state index in [-0.39, 0.29) is 5.69 Å². The van der Waals surface area contributed by atoms with E-state index in [0.717, 1.165) is 10.6 Å². The molecule has 1 amide bonds. The van der Waals surface area contributed by atoms with Crippen molar-refractivity contribution in [3.05, 3.63) is 53.1 Å². The molecule has 28 heavy (non-hydrogen) atoms. The number of anilines is 1. The molecule has 0 aliphatic heterocycles. The zero-order valence-corrected chi connectivity index (χ0v) is 17.1. The lowest BCUT2D eigenvalue weighted by Gasteiger charge is -2.21. The number of sulfonamides is 1. The number of benzene rings is 2. The van der Waals surface area contributed by atoms with Crippen LogP contribution in [0.3, 0.4) is 0 Å². The van der Waals surface area contributed by atoms with Crippen molar-refractivity contribution < 1.29 is 22.7 Å². The highest BCUT2D eigenvalue weighted by Gasteiger charge is 2.21. The van der Waals surface area contributed by atoms with Crippen LogP contribution in [0.15, 0.2) is 47.6 Å². The Morgan fingerprint density at radius 2 is 1.93 bits per heavy atom. The average Bonchev–Trinajstić information content (AvgIpc) is 2.64. The monoisotopic (exact) mass is 425 g/mol. The summed E-state index contributed by atoms with van der Waals surface area (Å²) in [6, 6.07) is 11.4. The molecule has 10 heteroatoms. The van der Waals surface area contributed by atoms with E-state index in [4.69, 9.17) is 21.1 Å². The van der Waals surface area contributed by atoms with Gasteiger partial charge in [-0.05, 0) is 30.3 Å². The van der Waals surface area contributed by atoms with Gasteiger partial charge < -0.3 is 9.47 Å². The molecule has 0 saturated carbocycles. The van der Waals surface area contributed by atoms with Crippen LogP contribution in [0.1, 0.15) is 5.56 Å². The van der Waals surface area contributed by atoms with Gasteiger partial charge in [-0.15, -0.1) is 0 Å². The lowest BCUT2D eigenvalue weighted by molar-refractivity contribution is -0.119. The van der Waals surface area contributed by atoms with E-state index >= 15 is 0 Å². The Hall–Kier alpha value is -2.78. The molecule has 2 aromatic carbocycles. The van der Waals surface area contributed by atoms with Gasteiger partial charge >= 0.3 is 0 Å². The maximum absolute atomic E-state index is 12.2. The van der Waals surface area contributed by atoms with Gasteiger partial charge in [-0.2, -0.15) is 5.10 Å². The molecule has 0 spiro atoms. The Morgan fingerprint density at radius 1 is 1.21 bits per heavy atom. The van der Waals surface area contributed by atoms with Crippen molar-refractivity contribution in [2.45, 2.75) is 0 Å². The van der Waals surface area contributed by atoms with Crippen molar-refractivity contribution in [3.63, 3.8) is 0 Å². The molecule has 0 fully saturated rings. The number of hydrazone groups is 1. The maximum atomic E-state index is 12.2. The van der Waals surface area contributed by atoms with Gasteiger partial charge in [0.1, 0.15) is 6.54 Å². The minimum Gasteiger partial charge on any atom is -0.493 e. The molecule has 0 radical (unpaired) electrons. The number of rotatable bonds is 8. The predicted octanol–water partition coefficient (Wildman–Crippen LogP) is 2.27. The van der Waals surface area contributed by atoms with Crippen LogP contribution in [-0.4, -0.2) is 47.6 Å². The summed E-state index contributed by atoms with van der Waals surface area (Å²) in [7, 11) is -0.702. The number of hydrogen-bond acceptors (Lipinski definition) is 6. The largest absolute Gasteiger partial charge is 0.493 e. The Kier molecular flexibility index (Phi) is 7.24. The summed E-state index contributed by atoms with van der Waals surface area (Å²) in [5, 5.41) is 4.22. The number of halogens is 1. The first-order valence-electron chi connectivity index (χ1n) is 8.02. The summed E-state index contributed by atoms with van der Waals surface area (Å²) < 4.78 is 35.5. The first-order chi connectivity index (χ1) is 13.3. The number of nitrogens with one attached hydrogen (secondary N) is 1. The minimum absolute atomic E-state index is 0.281. The van der Waals surface area contributed by atoms with Crippen molar-refractivity contribution in [1.29, 1.82) is 0 Å². The zero-order chi connectivity index (χ0) is 20.7. The van der Waals surface area contributed by atoms with Crippen molar-refractivity contribution in [2.75, 3.05) is 31.3 Å². The van der Waals surface area contributed by atoms with Gasteiger partial charge in [0.05, 0.1) is 32.4 Å². The number of carbonyl (C=O) groups is 1. The van der Waals surface area contributed by atoms with Crippen LogP contribution in [-0.2, 0) is 14.8 Å². The molecule has 0 unspecified atom stereocenters. The number of methoxy groups -OCH3 is 2. The van der Waals surface area contributed by atoms with Crippen molar-refractivity contribution >= 4 is 39.4 Å². The van der Waals surface area contributed by atoms with Gasteiger partial charge in [-0.25, -0.2) is 13.8 Å². The topological polar surface area (TPSA) is 97.3 Å². The van der Waals surface area contributed by atoms with Gasteiger partial charge in [-0.1, -0.05) is 23.7 Å². The Morgan fingerprint density at radius 3 is 2.54 bits per heavy atom. The average molecular weight is 426 g/mol. The van der Waals surface area contributed by atoms with Crippen LogP contribution in [0, 0.1) is 0 Å². The van der Waals surface area contributed by atoms with Crippen LogP contribution in [0.5, 0.6) is 11.5 Å². The fraction of sp³-hybridized carbons (Fsp3) is 0.222. The van der Waals surface area contributed by atoms with Crippen LogP contribution in [0.2, 0.25) is 5.02 Å². The van der Waals surface area contributed by atoms with Gasteiger partial charge in [-0.3, -0.25) is 9.10 Å². The second-order valence-corrected chi connectivity index (χ2v) is 7.97. The number of carbonyl (C=O) groups excluding carboxylic acids is 1. The highest BCUT2D eigenvalue weighted by molar-refractivity contribution is 7.92. The highest BCUT2D eigenvalue weighted by Crippen LogP contribution is 2.29. The fourth-order valence-electron chi connectivity index (χ4n) is 2.38. The first kappa shape index (κ1) is 21.5. The smallest absolute Gasteiger partial charge is 0.260 e. The SMILES string of the molecule is COc1cccc(/C=N\NC(=O)CN(c2cccc(Cl)c2)S(C)(=O)=O)c1OC. The van der Waals surface area contributed by atoms with Crippen LogP contribution in [0.4, 0.5) is 5.69 Å². The molecular weight excluding hydrogens is 406 g/mol. The van der Waals surface area contributed by atoms with Gasteiger partial charge in [0, 0.05) is 10.6 Å². The molecule has 0 heterocycles. The van der Waals surface area contributed by atoms with Crippen molar-refractivity contribution in [1.82, 2.24) is 5.43 Å². The molecule has 0 bridgehead atoms. The van der Waals surface area contributed by atoms with Gasteiger partial charge in [0.25, 0.3) is 5.91 Å². The molecule has 8 nitrogen and oxygen atoms in total. The first-order valence-corrected chi connectivity index (χ1v) is 10.2. The molecule has 1 N–H and O–H groups in total. The molecule has 0 atom stereocenters. The molecule has 2 aromatic rings. The zero-order valence-electron chi connectivity index (χ0n) is 15.5. The van der Waals surface area contributed by atoms with Crippen LogP contribution in [0.25, 0.3) is 0 Å². The highest BCUT2D eigenvalue weighted by atomic mass is 35.5.